The Morgan fingerprint density at radius 3 is 2.87 bits per heavy atom. The van der Waals surface area contributed by atoms with Gasteiger partial charge in [-0.2, -0.15) is 9.97 Å². The average Bonchev–Trinajstić information content (AvgIpc) is 3.32. The molecule has 6 bridgehead atoms. The lowest BCUT2D eigenvalue weighted by Gasteiger charge is -2.32. The van der Waals surface area contributed by atoms with E-state index in [4.69, 9.17) is 23.9 Å². The molecule has 4 aliphatic heterocycles. The van der Waals surface area contributed by atoms with Crippen molar-refractivity contribution >= 4 is 33.6 Å². The summed E-state index contributed by atoms with van der Waals surface area (Å²) in [6.07, 6.45) is 2.51. The molecular weight excluding hydrogens is 588 g/mol. The quantitative estimate of drug-likeness (QED) is 0.323. The molecule has 6 heterocycles. The highest BCUT2D eigenvalue weighted by atomic mass is 19.1. The van der Waals surface area contributed by atoms with Crippen molar-refractivity contribution in [1.29, 1.82) is 0 Å². The molecule has 13 heteroatoms. The zero-order valence-corrected chi connectivity index (χ0v) is 25.0. The van der Waals surface area contributed by atoms with Gasteiger partial charge in [0.05, 0.1) is 31.8 Å². The summed E-state index contributed by atoms with van der Waals surface area (Å²) < 4.78 is 55.2. The predicted molar refractivity (Wildman–Crippen MR) is 161 cm³/mol. The molecule has 2 atom stereocenters. The van der Waals surface area contributed by atoms with Crippen LogP contribution >= 0.6 is 0 Å². The fraction of sp³-hybridized carbons (Fsp3) is 0.438. The summed E-state index contributed by atoms with van der Waals surface area (Å²) in [5, 5.41) is 11.7. The number of rotatable bonds is 3. The van der Waals surface area contributed by atoms with Crippen LogP contribution in [0.4, 0.5) is 19.4 Å². The zero-order valence-electron chi connectivity index (χ0n) is 25.0. The third kappa shape index (κ3) is 5.54. The lowest BCUT2D eigenvalue weighted by Crippen LogP contribution is -2.46. The van der Waals surface area contributed by atoms with Crippen molar-refractivity contribution < 1.29 is 37.6 Å². The molecule has 4 aromatic rings. The lowest BCUT2D eigenvalue weighted by atomic mass is 9.94. The van der Waals surface area contributed by atoms with Crippen LogP contribution in [0.2, 0.25) is 0 Å². The number of carbonyl (C=O) groups excluding carboxylic acids is 1. The molecule has 4 aliphatic rings. The Bertz CT molecular complexity index is 1810. The van der Waals surface area contributed by atoms with Crippen LogP contribution < -0.4 is 9.64 Å². The molecule has 0 unspecified atom stereocenters. The Labute approximate surface area is 257 Å². The van der Waals surface area contributed by atoms with Gasteiger partial charge in [0.1, 0.15) is 35.2 Å². The number of likely N-dealkylation sites (tertiary alicyclic amines) is 1. The van der Waals surface area contributed by atoms with Crippen LogP contribution in [0.3, 0.4) is 0 Å². The summed E-state index contributed by atoms with van der Waals surface area (Å²) in [6, 6.07) is 5.69. The van der Waals surface area contributed by atoms with Crippen molar-refractivity contribution in [2.45, 2.75) is 37.8 Å². The number of anilines is 1. The van der Waals surface area contributed by atoms with Crippen LogP contribution in [0.1, 0.15) is 25.3 Å². The predicted octanol–water partition coefficient (Wildman–Crippen LogP) is 4.61. The standard InChI is InChI=1S/C32H33F2N5O6/c1-32-16-39(9-11-42-17-32)29-23-14-35-27(26(34)28(23)36-30(37-29)44-15-19-4-3-8-38(19)2)22-13-20(40)12-18-5-6-24(33)21(25(18)22)7-10-43-31(41)45-32/h5-6,12-14,19,40H,3-4,7-11,15-17H2,1-2H3/t19-,32-/m0/s1. The fourth-order valence-corrected chi connectivity index (χ4v) is 6.51. The number of carbonyl (C=O) groups is 1. The van der Waals surface area contributed by atoms with E-state index in [9.17, 15) is 9.90 Å². The van der Waals surface area contributed by atoms with Crippen molar-refractivity contribution in [3.05, 3.63) is 47.7 Å². The molecule has 0 aliphatic carbocycles. The summed E-state index contributed by atoms with van der Waals surface area (Å²) in [5.41, 5.74) is -0.991. The van der Waals surface area contributed by atoms with E-state index >= 15 is 8.78 Å². The Morgan fingerprint density at radius 1 is 1.18 bits per heavy atom. The first-order valence-electron chi connectivity index (χ1n) is 15.0. The van der Waals surface area contributed by atoms with E-state index < -0.39 is 23.4 Å². The van der Waals surface area contributed by atoms with Crippen molar-refractivity contribution in [1.82, 2.24) is 19.9 Å². The first-order chi connectivity index (χ1) is 21.7. The fourth-order valence-electron chi connectivity index (χ4n) is 6.51. The number of phenolic OH excluding ortho intramolecular Hbond substituents is 1. The minimum Gasteiger partial charge on any atom is -0.508 e. The smallest absolute Gasteiger partial charge is 0.508 e. The largest absolute Gasteiger partial charge is 0.508 e. The third-order valence-electron chi connectivity index (χ3n) is 8.77. The normalized spacial score (nSPS) is 22.5. The highest BCUT2D eigenvalue weighted by molar-refractivity contribution is 6.01. The number of ether oxygens (including phenoxy) is 4. The molecule has 0 radical (unpaired) electrons. The van der Waals surface area contributed by atoms with Gasteiger partial charge in [-0.1, -0.05) is 6.07 Å². The Hall–Kier alpha value is -4.36. The number of aromatic hydroxyl groups is 1. The summed E-state index contributed by atoms with van der Waals surface area (Å²) in [5.74, 6) is -1.17. The topological polar surface area (TPSA) is 119 Å². The number of likely N-dealkylation sites (N-methyl/N-ethyl adjacent to an activating group) is 1. The molecule has 2 fully saturated rings. The average molecular weight is 622 g/mol. The number of hydrogen-bond donors (Lipinski definition) is 1. The second kappa shape index (κ2) is 11.5. The van der Waals surface area contributed by atoms with Crippen molar-refractivity contribution in [3.63, 3.8) is 0 Å². The molecule has 2 aromatic heterocycles. The maximum Gasteiger partial charge on any atom is 0.508 e. The van der Waals surface area contributed by atoms with Crippen LogP contribution in [0, 0.1) is 11.6 Å². The first-order valence-corrected chi connectivity index (χ1v) is 15.0. The van der Waals surface area contributed by atoms with E-state index in [2.05, 4.69) is 14.9 Å². The van der Waals surface area contributed by atoms with Crippen LogP contribution in [-0.2, 0) is 20.6 Å². The molecular formula is C32H33F2N5O6. The molecule has 2 saturated heterocycles. The minimum absolute atomic E-state index is 0.0188. The van der Waals surface area contributed by atoms with Gasteiger partial charge in [-0.15, -0.1) is 0 Å². The number of pyridine rings is 1. The van der Waals surface area contributed by atoms with E-state index in [-0.39, 0.29) is 72.9 Å². The SMILES string of the molecule is CN1CCC[C@H]1COc1nc2c3cnc(c(F)c3n1)-c1cc(O)cc3ccc(F)c(c13)CCOC(=O)O[C@]1(C)COCCN2C1. The minimum atomic E-state index is -1.16. The van der Waals surface area contributed by atoms with Crippen molar-refractivity contribution in [2.24, 2.45) is 0 Å². The van der Waals surface area contributed by atoms with Crippen molar-refractivity contribution in [3.8, 4) is 23.0 Å². The number of benzene rings is 2. The number of aromatic nitrogens is 3. The Balaban J connectivity index is 1.46. The second-order valence-electron chi connectivity index (χ2n) is 12.1. The Kier molecular flexibility index (Phi) is 7.52. The molecule has 2 aromatic carbocycles. The van der Waals surface area contributed by atoms with Gasteiger partial charge >= 0.3 is 12.2 Å². The molecule has 1 N–H and O–H groups in total. The van der Waals surface area contributed by atoms with Gasteiger partial charge in [-0.05, 0) is 67.9 Å². The maximum atomic E-state index is 16.8. The first kappa shape index (κ1) is 29.4. The molecule has 8 rings (SSSR count). The van der Waals surface area contributed by atoms with Gasteiger partial charge in [0.15, 0.2) is 11.4 Å². The molecule has 0 amide bonds. The van der Waals surface area contributed by atoms with Gasteiger partial charge < -0.3 is 33.9 Å². The highest BCUT2D eigenvalue weighted by Crippen LogP contribution is 2.39. The highest BCUT2D eigenvalue weighted by Gasteiger charge is 2.37. The van der Waals surface area contributed by atoms with E-state index in [0.29, 0.717) is 35.1 Å². The van der Waals surface area contributed by atoms with Gasteiger partial charge in [0, 0.05) is 30.8 Å². The van der Waals surface area contributed by atoms with Crippen LogP contribution in [-0.4, -0.2) is 95.9 Å². The monoisotopic (exact) mass is 621 g/mol. The third-order valence-corrected chi connectivity index (χ3v) is 8.77. The zero-order chi connectivity index (χ0) is 31.3. The lowest BCUT2D eigenvalue weighted by molar-refractivity contribution is -0.0571. The van der Waals surface area contributed by atoms with E-state index in [0.717, 1.165) is 19.4 Å². The molecule has 0 spiro atoms. The van der Waals surface area contributed by atoms with Gasteiger partial charge in [0.2, 0.25) is 0 Å². The number of phenols is 1. The van der Waals surface area contributed by atoms with Gasteiger partial charge in [-0.25, -0.2) is 13.6 Å². The number of hydrogen-bond acceptors (Lipinski definition) is 11. The molecule has 11 nitrogen and oxygen atoms in total. The number of nitrogens with zero attached hydrogens (tertiary/aromatic N) is 5. The van der Waals surface area contributed by atoms with Crippen LogP contribution in [0.25, 0.3) is 32.9 Å². The van der Waals surface area contributed by atoms with Gasteiger partial charge in [-0.3, -0.25) is 4.98 Å². The molecule has 45 heavy (non-hydrogen) atoms. The van der Waals surface area contributed by atoms with Crippen LogP contribution in [0.5, 0.6) is 11.8 Å². The summed E-state index contributed by atoms with van der Waals surface area (Å²) in [4.78, 5) is 30.6. The number of halogens is 2. The molecule has 0 saturated carbocycles. The van der Waals surface area contributed by atoms with Crippen molar-refractivity contribution in [2.75, 3.05) is 58.0 Å². The second-order valence-corrected chi connectivity index (χ2v) is 12.1. The van der Waals surface area contributed by atoms with E-state index in [1.807, 2.05) is 11.9 Å². The number of fused-ring (bicyclic) bond motifs is 5. The molecule has 236 valence electrons. The summed E-state index contributed by atoms with van der Waals surface area (Å²) in [6.45, 7) is 3.65. The summed E-state index contributed by atoms with van der Waals surface area (Å²) in [7, 11) is 2.03. The van der Waals surface area contributed by atoms with Crippen LogP contribution in [0.15, 0.2) is 30.5 Å². The summed E-state index contributed by atoms with van der Waals surface area (Å²) >= 11 is 0. The maximum absolute atomic E-state index is 16.8. The van der Waals surface area contributed by atoms with E-state index in [1.54, 1.807) is 6.92 Å². The Morgan fingerprint density at radius 2 is 2.04 bits per heavy atom. The van der Waals surface area contributed by atoms with Gasteiger partial charge in [0.25, 0.3) is 0 Å². The van der Waals surface area contributed by atoms with E-state index in [1.165, 1.54) is 30.5 Å².